The van der Waals surface area contributed by atoms with E-state index in [4.69, 9.17) is 0 Å². The monoisotopic (exact) mass is 346 g/mol. The number of nitrogens with zero attached hydrogens (tertiary/aromatic N) is 1. The van der Waals surface area contributed by atoms with Gasteiger partial charge in [0.25, 0.3) is 0 Å². The van der Waals surface area contributed by atoms with Crippen LogP contribution in [0.4, 0.5) is 0 Å². The fourth-order valence-electron chi connectivity index (χ4n) is 1.63. The quantitative estimate of drug-likeness (QED) is 0.841. The van der Waals surface area contributed by atoms with Crippen LogP contribution in [0, 0.1) is 5.41 Å². The maximum absolute atomic E-state index is 12.4. The molecule has 0 aromatic carbocycles. The van der Waals surface area contributed by atoms with Crippen molar-refractivity contribution in [2.45, 2.75) is 52.3 Å². The van der Waals surface area contributed by atoms with Crippen molar-refractivity contribution in [3.63, 3.8) is 0 Å². The Morgan fingerprint density at radius 1 is 1.26 bits per heavy atom. The smallest absolute Gasteiger partial charge is 0.106 e. The van der Waals surface area contributed by atoms with E-state index in [1.165, 1.54) is 0 Å². The number of hydrogen-bond acceptors (Lipinski definition) is 2. The third kappa shape index (κ3) is 4.97. The van der Waals surface area contributed by atoms with Crippen molar-refractivity contribution in [3.8, 4) is 0 Å². The zero-order valence-corrected chi connectivity index (χ0v) is 14.9. The topological polar surface area (TPSA) is 42.0 Å². The van der Waals surface area contributed by atoms with Crippen molar-refractivity contribution < 1.29 is 4.21 Å². The van der Waals surface area contributed by atoms with Crippen LogP contribution >= 0.6 is 15.9 Å². The second-order valence-electron chi connectivity index (χ2n) is 6.71. The first-order chi connectivity index (χ1) is 8.51. The van der Waals surface area contributed by atoms with Crippen molar-refractivity contribution >= 4 is 26.9 Å². The molecule has 0 spiro atoms. The Morgan fingerprint density at radius 2 is 1.84 bits per heavy atom. The van der Waals surface area contributed by atoms with Gasteiger partial charge in [-0.2, -0.15) is 0 Å². The maximum Gasteiger partial charge on any atom is 0.106 e. The molecule has 0 aliphatic heterocycles. The number of aromatic nitrogens is 1. The van der Waals surface area contributed by atoms with E-state index in [1.54, 1.807) is 6.20 Å². The van der Waals surface area contributed by atoms with Crippen LogP contribution in [0.3, 0.4) is 0 Å². The molecular weight excluding hydrogens is 324 g/mol. The number of rotatable bonds is 3. The van der Waals surface area contributed by atoms with Gasteiger partial charge in [0.15, 0.2) is 0 Å². The highest BCUT2D eigenvalue weighted by Gasteiger charge is 2.31. The Hall–Kier alpha value is -0.260. The predicted molar refractivity (Wildman–Crippen MR) is 85.2 cm³/mol. The second-order valence-corrected chi connectivity index (χ2v) is 9.52. The highest BCUT2D eigenvalue weighted by molar-refractivity contribution is 9.10. The Balaban J connectivity index is 3.08. The first-order valence-corrected chi connectivity index (χ1v) is 8.25. The molecule has 0 amide bonds. The van der Waals surface area contributed by atoms with E-state index in [0.717, 1.165) is 10.2 Å². The van der Waals surface area contributed by atoms with Crippen LogP contribution in [0.1, 0.15) is 53.1 Å². The van der Waals surface area contributed by atoms with Crippen molar-refractivity contribution in [1.29, 1.82) is 0 Å². The van der Waals surface area contributed by atoms with E-state index < -0.39 is 11.0 Å². The molecule has 1 aromatic heterocycles. The van der Waals surface area contributed by atoms with Gasteiger partial charge in [-0.1, -0.05) is 20.8 Å². The molecule has 0 saturated carbocycles. The molecule has 0 aliphatic carbocycles. The molecule has 0 bridgehead atoms. The second kappa shape index (κ2) is 6.02. The standard InChI is InChI=1S/C14H23BrN2OS/c1-13(2,3)12(17-19(18)14(4,5)6)10-7-8-16-11(15)9-10/h7-9,12,17H,1-6H3. The largest absolute Gasteiger partial charge is 0.249 e. The summed E-state index contributed by atoms with van der Waals surface area (Å²) in [5, 5.41) is 0. The van der Waals surface area contributed by atoms with E-state index in [1.807, 2.05) is 32.9 Å². The summed E-state index contributed by atoms with van der Waals surface area (Å²) in [6, 6.07) is 3.95. The van der Waals surface area contributed by atoms with Gasteiger partial charge in [0, 0.05) is 12.2 Å². The molecule has 0 aliphatic rings. The van der Waals surface area contributed by atoms with Crippen LogP contribution in [0.25, 0.3) is 0 Å². The molecule has 1 heterocycles. The van der Waals surface area contributed by atoms with Crippen LogP contribution in [-0.2, 0) is 11.0 Å². The fourth-order valence-corrected chi connectivity index (χ4v) is 3.07. The van der Waals surface area contributed by atoms with Gasteiger partial charge in [-0.15, -0.1) is 0 Å². The molecular formula is C14H23BrN2OS. The molecule has 0 fully saturated rings. The SMILES string of the molecule is CC(C)(C)C(NS(=O)C(C)(C)C)c1ccnc(Br)c1. The van der Waals surface area contributed by atoms with Crippen molar-refractivity contribution in [2.75, 3.05) is 0 Å². The van der Waals surface area contributed by atoms with Crippen LogP contribution in [-0.4, -0.2) is 13.9 Å². The van der Waals surface area contributed by atoms with E-state index in [9.17, 15) is 4.21 Å². The lowest BCUT2D eigenvalue weighted by atomic mass is 9.83. The van der Waals surface area contributed by atoms with Crippen LogP contribution < -0.4 is 4.72 Å². The van der Waals surface area contributed by atoms with Gasteiger partial charge in [0.05, 0.1) is 15.7 Å². The number of nitrogens with one attached hydrogen (secondary N) is 1. The Morgan fingerprint density at radius 3 is 2.26 bits per heavy atom. The molecule has 2 unspecified atom stereocenters. The summed E-state index contributed by atoms with van der Waals surface area (Å²) in [5.74, 6) is 0. The van der Waals surface area contributed by atoms with Crippen molar-refractivity contribution in [3.05, 3.63) is 28.5 Å². The van der Waals surface area contributed by atoms with E-state index >= 15 is 0 Å². The summed E-state index contributed by atoms with van der Waals surface area (Å²) < 4.78 is 16.1. The summed E-state index contributed by atoms with van der Waals surface area (Å²) in [4.78, 5) is 4.15. The Bertz CT molecular complexity index is 463. The molecule has 3 nitrogen and oxygen atoms in total. The van der Waals surface area contributed by atoms with Crippen LogP contribution in [0.5, 0.6) is 0 Å². The highest BCUT2D eigenvalue weighted by Crippen LogP contribution is 2.34. The van der Waals surface area contributed by atoms with E-state index in [0.29, 0.717) is 0 Å². The number of halogens is 1. The summed E-state index contributed by atoms with van der Waals surface area (Å²) in [5.41, 5.74) is 1.05. The lowest BCUT2D eigenvalue weighted by molar-refractivity contribution is 0.306. The molecule has 1 N–H and O–H groups in total. The average molecular weight is 347 g/mol. The number of hydrogen-bond donors (Lipinski definition) is 1. The molecule has 2 atom stereocenters. The number of pyridine rings is 1. The molecule has 0 saturated heterocycles. The Kier molecular flexibility index (Phi) is 5.32. The zero-order valence-electron chi connectivity index (χ0n) is 12.5. The molecule has 1 aromatic rings. The molecule has 0 radical (unpaired) electrons. The molecule has 1 rings (SSSR count). The van der Waals surface area contributed by atoms with Crippen LogP contribution in [0.15, 0.2) is 22.9 Å². The summed E-state index contributed by atoms with van der Waals surface area (Å²) in [6.07, 6.45) is 1.76. The summed E-state index contributed by atoms with van der Waals surface area (Å²) in [6.45, 7) is 12.3. The van der Waals surface area contributed by atoms with Gasteiger partial charge in [0.1, 0.15) is 4.60 Å². The highest BCUT2D eigenvalue weighted by atomic mass is 79.9. The van der Waals surface area contributed by atoms with Crippen molar-refractivity contribution in [2.24, 2.45) is 5.41 Å². The van der Waals surface area contributed by atoms with Gasteiger partial charge >= 0.3 is 0 Å². The minimum atomic E-state index is -1.11. The first-order valence-electron chi connectivity index (χ1n) is 6.31. The third-order valence-corrected chi connectivity index (χ3v) is 4.73. The van der Waals surface area contributed by atoms with Gasteiger partial charge in [-0.25, -0.2) is 13.9 Å². The Labute approximate surface area is 127 Å². The predicted octanol–water partition coefficient (Wildman–Crippen LogP) is 3.98. The van der Waals surface area contributed by atoms with Crippen LogP contribution in [0.2, 0.25) is 0 Å². The van der Waals surface area contributed by atoms with Gasteiger partial charge in [-0.3, -0.25) is 0 Å². The average Bonchev–Trinajstić information content (AvgIpc) is 2.22. The normalized spacial score (nSPS) is 16.2. The van der Waals surface area contributed by atoms with Crippen molar-refractivity contribution in [1.82, 2.24) is 9.71 Å². The third-order valence-electron chi connectivity index (χ3n) is 2.73. The minimum Gasteiger partial charge on any atom is -0.249 e. The lowest BCUT2D eigenvalue weighted by Crippen LogP contribution is -2.40. The molecule has 108 valence electrons. The summed E-state index contributed by atoms with van der Waals surface area (Å²) >= 11 is 3.39. The van der Waals surface area contributed by atoms with E-state index in [-0.39, 0.29) is 16.2 Å². The first kappa shape index (κ1) is 16.8. The van der Waals surface area contributed by atoms with Gasteiger partial charge in [0.2, 0.25) is 0 Å². The van der Waals surface area contributed by atoms with E-state index in [2.05, 4.69) is 46.4 Å². The minimum absolute atomic E-state index is 0.00635. The maximum atomic E-state index is 12.4. The molecule has 5 heteroatoms. The van der Waals surface area contributed by atoms with Gasteiger partial charge in [-0.05, 0) is 59.8 Å². The lowest BCUT2D eigenvalue weighted by Gasteiger charge is -2.33. The molecule has 19 heavy (non-hydrogen) atoms. The van der Waals surface area contributed by atoms with Gasteiger partial charge < -0.3 is 0 Å². The summed E-state index contributed by atoms with van der Waals surface area (Å²) in [7, 11) is -1.11. The zero-order chi connectivity index (χ0) is 14.8. The fraction of sp³-hybridized carbons (Fsp3) is 0.643.